The van der Waals surface area contributed by atoms with Crippen molar-refractivity contribution in [1.82, 2.24) is 20.0 Å². The SMILES string of the molecule is CN(C)C(=O)Cn1cc(NC(=O)CCC2CCNC2)cn1.Cl. The molecule has 8 heteroatoms. The van der Waals surface area contributed by atoms with Crippen LogP contribution in [0.2, 0.25) is 0 Å². The highest BCUT2D eigenvalue weighted by atomic mass is 35.5. The van der Waals surface area contributed by atoms with Crippen LogP contribution in [0.15, 0.2) is 12.4 Å². The lowest BCUT2D eigenvalue weighted by molar-refractivity contribution is -0.129. The Morgan fingerprint density at radius 1 is 1.50 bits per heavy atom. The number of anilines is 1. The van der Waals surface area contributed by atoms with Gasteiger partial charge >= 0.3 is 0 Å². The lowest BCUT2D eigenvalue weighted by Crippen LogP contribution is -2.26. The number of rotatable bonds is 6. The van der Waals surface area contributed by atoms with E-state index >= 15 is 0 Å². The molecule has 1 aliphatic heterocycles. The van der Waals surface area contributed by atoms with Crippen molar-refractivity contribution < 1.29 is 9.59 Å². The molecule has 1 aromatic rings. The van der Waals surface area contributed by atoms with Crippen molar-refractivity contribution in [3.05, 3.63) is 12.4 Å². The van der Waals surface area contributed by atoms with Gasteiger partial charge in [-0.1, -0.05) is 0 Å². The van der Waals surface area contributed by atoms with Crippen LogP contribution in [-0.4, -0.2) is 53.7 Å². The van der Waals surface area contributed by atoms with E-state index in [9.17, 15) is 9.59 Å². The van der Waals surface area contributed by atoms with Crippen molar-refractivity contribution >= 4 is 29.9 Å². The van der Waals surface area contributed by atoms with Crippen LogP contribution in [0.1, 0.15) is 19.3 Å². The fourth-order valence-electron chi connectivity index (χ4n) is 2.31. The van der Waals surface area contributed by atoms with Crippen molar-refractivity contribution in [2.75, 3.05) is 32.5 Å². The number of halogens is 1. The first-order valence-electron chi connectivity index (χ1n) is 7.28. The fourth-order valence-corrected chi connectivity index (χ4v) is 2.31. The summed E-state index contributed by atoms with van der Waals surface area (Å²) in [5, 5.41) is 10.2. The molecule has 1 fully saturated rings. The summed E-state index contributed by atoms with van der Waals surface area (Å²) < 4.78 is 1.53. The van der Waals surface area contributed by atoms with Crippen LogP contribution < -0.4 is 10.6 Å². The average Bonchev–Trinajstić information content (AvgIpc) is 3.08. The van der Waals surface area contributed by atoms with Gasteiger partial charge in [-0.05, 0) is 31.8 Å². The van der Waals surface area contributed by atoms with E-state index in [0.717, 1.165) is 25.9 Å². The summed E-state index contributed by atoms with van der Waals surface area (Å²) in [6, 6.07) is 0. The van der Waals surface area contributed by atoms with E-state index in [4.69, 9.17) is 0 Å². The molecular weight excluding hydrogens is 306 g/mol. The Morgan fingerprint density at radius 2 is 2.27 bits per heavy atom. The van der Waals surface area contributed by atoms with Gasteiger partial charge in [-0.3, -0.25) is 14.3 Å². The lowest BCUT2D eigenvalue weighted by atomic mass is 10.0. The zero-order chi connectivity index (χ0) is 15.2. The second-order valence-corrected chi connectivity index (χ2v) is 5.66. The first-order chi connectivity index (χ1) is 10.0. The zero-order valence-corrected chi connectivity index (χ0v) is 13.9. The van der Waals surface area contributed by atoms with Gasteiger partial charge in [0.2, 0.25) is 11.8 Å². The first-order valence-corrected chi connectivity index (χ1v) is 7.28. The second-order valence-electron chi connectivity index (χ2n) is 5.66. The Balaban J connectivity index is 0.00000242. The molecule has 1 aliphatic rings. The molecule has 1 atom stereocenters. The smallest absolute Gasteiger partial charge is 0.243 e. The van der Waals surface area contributed by atoms with E-state index in [-0.39, 0.29) is 30.8 Å². The number of nitrogens with one attached hydrogen (secondary N) is 2. The van der Waals surface area contributed by atoms with E-state index < -0.39 is 0 Å². The minimum absolute atomic E-state index is 0. The number of carbonyl (C=O) groups is 2. The molecule has 1 aromatic heterocycles. The number of hydrogen-bond donors (Lipinski definition) is 2. The quantitative estimate of drug-likeness (QED) is 0.806. The average molecular weight is 330 g/mol. The maximum Gasteiger partial charge on any atom is 0.243 e. The fraction of sp³-hybridized carbons (Fsp3) is 0.643. The Hall–Kier alpha value is -1.60. The molecule has 22 heavy (non-hydrogen) atoms. The highest BCUT2D eigenvalue weighted by Gasteiger charge is 2.16. The maximum absolute atomic E-state index is 11.9. The summed E-state index contributed by atoms with van der Waals surface area (Å²) in [6.07, 6.45) is 5.83. The summed E-state index contributed by atoms with van der Waals surface area (Å²) >= 11 is 0. The Labute approximate surface area is 136 Å². The predicted molar refractivity (Wildman–Crippen MR) is 87.0 cm³/mol. The maximum atomic E-state index is 11.9. The largest absolute Gasteiger partial charge is 0.347 e. The van der Waals surface area contributed by atoms with Crippen molar-refractivity contribution in [2.45, 2.75) is 25.8 Å². The van der Waals surface area contributed by atoms with Gasteiger partial charge in [0.05, 0.1) is 11.9 Å². The minimum atomic E-state index is -0.0373. The number of amides is 2. The molecule has 0 aromatic carbocycles. The van der Waals surface area contributed by atoms with Gasteiger partial charge in [0.25, 0.3) is 0 Å². The van der Waals surface area contributed by atoms with Crippen molar-refractivity contribution in [3.8, 4) is 0 Å². The van der Waals surface area contributed by atoms with Crippen LogP contribution in [0.3, 0.4) is 0 Å². The molecule has 1 saturated heterocycles. The molecule has 0 spiro atoms. The third kappa shape index (κ3) is 5.65. The van der Waals surface area contributed by atoms with Crippen LogP contribution >= 0.6 is 12.4 Å². The molecule has 7 nitrogen and oxygen atoms in total. The van der Waals surface area contributed by atoms with Gasteiger partial charge in [0.1, 0.15) is 6.54 Å². The molecule has 0 saturated carbocycles. The number of carbonyl (C=O) groups excluding carboxylic acids is 2. The molecule has 1 unspecified atom stereocenters. The van der Waals surface area contributed by atoms with Gasteiger partial charge in [0, 0.05) is 26.7 Å². The van der Waals surface area contributed by atoms with Crippen LogP contribution in [0, 0.1) is 5.92 Å². The monoisotopic (exact) mass is 329 g/mol. The number of hydrogen-bond acceptors (Lipinski definition) is 4. The second kappa shape index (κ2) is 8.75. The van der Waals surface area contributed by atoms with Gasteiger partial charge < -0.3 is 15.5 Å². The number of nitrogens with zero attached hydrogens (tertiary/aromatic N) is 3. The standard InChI is InChI=1S/C14H23N5O2.ClH/c1-18(2)14(21)10-19-9-12(8-16-19)17-13(20)4-3-11-5-6-15-7-11;/h8-9,11,15H,3-7,10H2,1-2H3,(H,17,20);1H. The van der Waals surface area contributed by atoms with Crippen LogP contribution in [0.4, 0.5) is 5.69 Å². The summed E-state index contributed by atoms with van der Waals surface area (Å²) in [5.41, 5.74) is 0.635. The van der Waals surface area contributed by atoms with Crippen LogP contribution in [-0.2, 0) is 16.1 Å². The Bertz CT molecular complexity index is 497. The Morgan fingerprint density at radius 3 is 2.91 bits per heavy atom. The van der Waals surface area contributed by atoms with E-state index in [1.54, 1.807) is 26.5 Å². The third-order valence-electron chi connectivity index (χ3n) is 3.66. The van der Waals surface area contributed by atoms with Gasteiger partial charge in [-0.25, -0.2) is 0 Å². The molecule has 2 amide bonds. The van der Waals surface area contributed by atoms with Gasteiger partial charge in [0.15, 0.2) is 0 Å². The molecule has 124 valence electrons. The van der Waals surface area contributed by atoms with Crippen LogP contribution in [0.25, 0.3) is 0 Å². The summed E-state index contributed by atoms with van der Waals surface area (Å²) in [4.78, 5) is 24.9. The summed E-state index contributed by atoms with van der Waals surface area (Å²) in [7, 11) is 3.40. The number of likely N-dealkylation sites (N-methyl/N-ethyl adjacent to an activating group) is 1. The van der Waals surface area contributed by atoms with E-state index in [2.05, 4.69) is 15.7 Å². The van der Waals surface area contributed by atoms with Gasteiger partial charge in [-0.15, -0.1) is 12.4 Å². The zero-order valence-electron chi connectivity index (χ0n) is 13.0. The molecule has 0 bridgehead atoms. The molecule has 0 aliphatic carbocycles. The summed E-state index contributed by atoms with van der Waals surface area (Å²) in [6.45, 7) is 2.24. The topological polar surface area (TPSA) is 79.3 Å². The first kappa shape index (κ1) is 18.4. The van der Waals surface area contributed by atoms with Crippen molar-refractivity contribution in [2.24, 2.45) is 5.92 Å². The molecule has 2 rings (SSSR count). The van der Waals surface area contributed by atoms with Gasteiger partial charge in [-0.2, -0.15) is 5.10 Å². The predicted octanol–water partition coefficient (Wildman–Crippen LogP) is 0.721. The Kier molecular flexibility index (Phi) is 7.34. The van der Waals surface area contributed by atoms with E-state index in [1.807, 2.05) is 0 Å². The highest BCUT2D eigenvalue weighted by molar-refractivity contribution is 5.90. The van der Waals surface area contributed by atoms with Crippen LogP contribution in [0.5, 0.6) is 0 Å². The molecule has 2 heterocycles. The third-order valence-corrected chi connectivity index (χ3v) is 3.66. The molecule has 2 N–H and O–H groups in total. The van der Waals surface area contributed by atoms with Crippen molar-refractivity contribution in [3.63, 3.8) is 0 Å². The van der Waals surface area contributed by atoms with Crippen molar-refractivity contribution in [1.29, 1.82) is 0 Å². The van der Waals surface area contributed by atoms with E-state index in [0.29, 0.717) is 18.0 Å². The normalized spacial score (nSPS) is 16.9. The molecular formula is C14H24ClN5O2. The highest BCUT2D eigenvalue weighted by Crippen LogP contribution is 2.15. The minimum Gasteiger partial charge on any atom is -0.347 e. The number of aromatic nitrogens is 2. The lowest BCUT2D eigenvalue weighted by Gasteiger charge is -2.09. The summed E-state index contributed by atoms with van der Waals surface area (Å²) in [5.74, 6) is 0.571. The molecule has 0 radical (unpaired) electrons. The van der Waals surface area contributed by atoms with E-state index in [1.165, 1.54) is 9.58 Å².